The Bertz CT molecular complexity index is 1080. The number of benzene rings is 2. The number of carbonyl (C=O) groups excluding carboxylic acids is 1. The number of carbonyl (C=O) groups is 1. The third kappa shape index (κ3) is 10.2. The molecule has 0 fully saturated rings. The number of hydrogen-bond acceptors (Lipinski definition) is 6. The van der Waals surface area contributed by atoms with Gasteiger partial charge in [-0.1, -0.05) is 56.0 Å². The highest BCUT2D eigenvalue weighted by atomic mass is 32.2. The van der Waals surface area contributed by atoms with Crippen molar-refractivity contribution in [2.45, 2.75) is 55.6 Å². The SMILES string of the molecule is COc1ccc(CCCCCCCCOc2ccc(CSc3ccccc3)nc2/C=C/C(=O)[O-])cc1. The third-order valence-corrected chi connectivity index (χ3v) is 6.77. The fourth-order valence-electron chi connectivity index (χ4n) is 3.76. The van der Waals surface area contributed by atoms with Gasteiger partial charge in [-0.25, -0.2) is 4.98 Å². The van der Waals surface area contributed by atoms with Crippen LogP contribution in [0.4, 0.5) is 0 Å². The molecule has 6 heteroatoms. The molecular formula is C30H34NO4S-. The number of aromatic nitrogens is 1. The lowest BCUT2D eigenvalue weighted by Crippen LogP contribution is -2.18. The van der Waals surface area contributed by atoms with Crippen LogP contribution in [0.3, 0.4) is 0 Å². The molecule has 0 aliphatic carbocycles. The smallest absolute Gasteiger partial charge is 0.144 e. The van der Waals surface area contributed by atoms with Crippen LogP contribution in [0.25, 0.3) is 6.08 Å². The van der Waals surface area contributed by atoms with Crippen LogP contribution in [0.1, 0.15) is 55.5 Å². The Hall–Kier alpha value is -3.25. The van der Waals surface area contributed by atoms with Crippen LogP contribution in [-0.4, -0.2) is 24.7 Å². The van der Waals surface area contributed by atoms with Gasteiger partial charge in [0, 0.05) is 10.6 Å². The maximum Gasteiger partial charge on any atom is 0.144 e. The summed E-state index contributed by atoms with van der Waals surface area (Å²) in [5, 5.41) is 10.9. The third-order valence-electron chi connectivity index (χ3n) is 5.73. The van der Waals surface area contributed by atoms with E-state index in [4.69, 9.17) is 9.47 Å². The van der Waals surface area contributed by atoms with Crippen molar-refractivity contribution in [1.82, 2.24) is 4.98 Å². The Balaban J connectivity index is 1.37. The lowest BCUT2D eigenvalue weighted by molar-refractivity contribution is -0.297. The largest absolute Gasteiger partial charge is 0.545 e. The molecule has 5 nitrogen and oxygen atoms in total. The summed E-state index contributed by atoms with van der Waals surface area (Å²) in [4.78, 5) is 16.7. The molecule has 0 spiro atoms. The molecule has 0 saturated heterocycles. The van der Waals surface area contributed by atoms with Gasteiger partial charge < -0.3 is 19.4 Å². The maximum atomic E-state index is 10.9. The summed E-state index contributed by atoms with van der Waals surface area (Å²) >= 11 is 1.68. The molecule has 2 aromatic carbocycles. The molecule has 0 saturated carbocycles. The molecule has 190 valence electrons. The van der Waals surface area contributed by atoms with Crippen LogP contribution in [0, 0.1) is 0 Å². The number of aliphatic carboxylic acids is 1. The number of hydrogen-bond donors (Lipinski definition) is 0. The van der Waals surface area contributed by atoms with Crippen LogP contribution in [-0.2, 0) is 17.0 Å². The van der Waals surface area contributed by atoms with Gasteiger partial charge in [-0.15, -0.1) is 11.8 Å². The van der Waals surface area contributed by atoms with Crippen molar-refractivity contribution in [2.75, 3.05) is 13.7 Å². The normalized spacial score (nSPS) is 11.0. The van der Waals surface area contributed by atoms with Gasteiger partial charge in [0.15, 0.2) is 0 Å². The first kappa shape index (κ1) is 27.3. The van der Waals surface area contributed by atoms with Gasteiger partial charge in [0.05, 0.1) is 25.4 Å². The maximum absolute atomic E-state index is 10.9. The van der Waals surface area contributed by atoms with Gasteiger partial charge in [0.25, 0.3) is 0 Å². The minimum atomic E-state index is -1.25. The number of carboxylic acids is 1. The second-order valence-corrected chi connectivity index (χ2v) is 9.56. The molecule has 1 aromatic heterocycles. The highest BCUT2D eigenvalue weighted by molar-refractivity contribution is 7.98. The van der Waals surface area contributed by atoms with E-state index < -0.39 is 5.97 Å². The fourth-order valence-corrected chi connectivity index (χ4v) is 4.58. The number of nitrogens with zero attached hydrogens (tertiary/aromatic N) is 1. The average Bonchev–Trinajstić information content (AvgIpc) is 2.91. The first-order valence-electron chi connectivity index (χ1n) is 12.5. The lowest BCUT2D eigenvalue weighted by Gasteiger charge is -2.11. The van der Waals surface area contributed by atoms with Gasteiger partial charge in [-0.05, 0) is 73.4 Å². The topological polar surface area (TPSA) is 71.5 Å². The van der Waals surface area contributed by atoms with Crippen molar-refractivity contribution in [3.05, 3.63) is 89.8 Å². The Labute approximate surface area is 218 Å². The standard InChI is InChI=1S/C30H35NO4S/c1-34-26-17-14-24(15-18-26)11-7-4-2-3-5-10-22-35-29-20-16-25(31-28(29)19-21-30(32)33)23-36-27-12-8-6-9-13-27/h6,8-9,12-21H,2-5,7,10-11,22-23H2,1H3,(H,32,33)/p-1/b21-19+. The molecule has 36 heavy (non-hydrogen) atoms. The number of rotatable bonds is 16. The van der Waals surface area contributed by atoms with E-state index in [1.807, 2.05) is 42.5 Å². The van der Waals surface area contributed by atoms with Crippen molar-refractivity contribution in [3.63, 3.8) is 0 Å². The van der Waals surface area contributed by atoms with Crippen LogP contribution < -0.4 is 14.6 Å². The van der Waals surface area contributed by atoms with Crippen molar-refractivity contribution < 1.29 is 19.4 Å². The van der Waals surface area contributed by atoms with Crippen molar-refractivity contribution in [3.8, 4) is 11.5 Å². The molecule has 0 unspecified atom stereocenters. The number of carboxylic acid groups (broad SMARTS) is 1. The number of methoxy groups -OCH3 is 1. The van der Waals surface area contributed by atoms with Gasteiger partial charge in [0.1, 0.15) is 17.2 Å². The van der Waals surface area contributed by atoms with E-state index in [1.54, 1.807) is 18.9 Å². The molecule has 0 atom stereocenters. The molecule has 0 aliphatic heterocycles. The van der Waals surface area contributed by atoms with E-state index in [9.17, 15) is 9.90 Å². The highest BCUT2D eigenvalue weighted by Gasteiger charge is 2.06. The van der Waals surface area contributed by atoms with Crippen molar-refractivity contribution in [1.29, 1.82) is 0 Å². The van der Waals surface area contributed by atoms with Crippen LogP contribution >= 0.6 is 11.8 Å². The second-order valence-electron chi connectivity index (χ2n) is 8.51. The summed E-state index contributed by atoms with van der Waals surface area (Å²) in [7, 11) is 1.69. The van der Waals surface area contributed by atoms with E-state index >= 15 is 0 Å². The fraction of sp³-hybridized carbons (Fsp3) is 0.333. The van der Waals surface area contributed by atoms with Crippen molar-refractivity contribution in [2.24, 2.45) is 0 Å². The zero-order chi connectivity index (χ0) is 25.4. The Kier molecular flexibility index (Phi) is 11.9. The van der Waals surface area contributed by atoms with E-state index in [-0.39, 0.29) is 0 Å². The summed E-state index contributed by atoms with van der Waals surface area (Å²) in [6.07, 6.45) is 10.4. The molecule has 0 amide bonds. The summed E-state index contributed by atoms with van der Waals surface area (Å²) in [5.74, 6) is 0.936. The monoisotopic (exact) mass is 504 g/mol. The summed E-state index contributed by atoms with van der Waals surface area (Å²) in [6, 6.07) is 22.2. The summed E-state index contributed by atoms with van der Waals surface area (Å²) in [6.45, 7) is 0.581. The van der Waals surface area contributed by atoms with E-state index in [2.05, 4.69) is 29.2 Å². The number of aryl methyl sites for hydroxylation is 1. The molecule has 0 bridgehead atoms. The number of pyridine rings is 1. The predicted molar refractivity (Wildman–Crippen MR) is 144 cm³/mol. The summed E-state index contributed by atoms with van der Waals surface area (Å²) in [5.41, 5.74) is 2.73. The molecule has 0 N–H and O–H groups in total. The highest BCUT2D eigenvalue weighted by Crippen LogP contribution is 2.25. The van der Waals surface area contributed by atoms with E-state index in [0.29, 0.717) is 23.8 Å². The predicted octanol–water partition coefficient (Wildman–Crippen LogP) is 6.11. The van der Waals surface area contributed by atoms with Gasteiger partial charge in [-0.3, -0.25) is 0 Å². The molecular weight excluding hydrogens is 470 g/mol. The first-order valence-corrected chi connectivity index (χ1v) is 13.4. The molecule has 1 heterocycles. The average molecular weight is 505 g/mol. The number of thioether (sulfide) groups is 1. The number of unbranched alkanes of at least 4 members (excludes halogenated alkanes) is 5. The minimum absolute atomic E-state index is 0.517. The lowest BCUT2D eigenvalue weighted by atomic mass is 10.0. The van der Waals surface area contributed by atoms with E-state index in [1.165, 1.54) is 37.3 Å². The molecule has 0 aliphatic rings. The Morgan fingerprint density at radius 3 is 2.36 bits per heavy atom. The van der Waals surface area contributed by atoms with Gasteiger partial charge in [-0.2, -0.15) is 0 Å². The Morgan fingerprint density at radius 1 is 0.917 bits per heavy atom. The van der Waals surface area contributed by atoms with Gasteiger partial charge >= 0.3 is 0 Å². The van der Waals surface area contributed by atoms with Crippen LogP contribution in [0.5, 0.6) is 11.5 Å². The second kappa shape index (κ2) is 15.7. The first-order chi connectivity index (χ1) is 17.6. The Morgan fingerprint density at radius 2 is 1.64 bits per heavy atom. The van der Waals surface area contributed by atoms with Crippen LogP contribution in [0.2, 0.25) is 0 Å². The molecule has 3 rings (SSSR count). The zero-order valence-corrected chi connectivity index (χ0v) is 21.7. The molecule has 0 radical (unpaired) electrons. The quantitative estimate of drug-likeness (QED) is 0.133. The minimum Gasteiger partial charge on any atom is -0.545 e. The van der Waals surface area contributed by atoms with Crippen LogP contribution in [0.15, 0.2) is 77.7 Å². The van der Waals surface area contributed by atoms with Gasteiger partial charge in [0.2, 0.25) is 0 Å². The van der Waals surface area contributed by atoms with Crippen molar-refractivity contribution >= 4 is 23.8 Å². The zero-order valence-electron chi connectivity index (χ0n) is 20.9. The number of ether oxygens (including phenoxy) is 2. The summed E-state index contributed by atoms with van der Waals surface area (Å²) < 4.78 is 11.1. The van der Waals surface area contributed by atoms with E-state index in [0.717, 1.165) is 41.7 Å². The molecule has 3 aromatic rings.